The highest BCUT2D eigenvalue weighted by molar-refractivity contribution is 9.10. The van der Waals surface area contributed by atoms with Crippen LogP contribution in [0.15, 0.2) is 28.7 Å². The third-order valence-electron chi connectivity index (χ3n) is 3.53. The van der Waals surface area contributed by atoms with Crippen LogP contribution in [0.5, 0.6) is 0 Å². The Balaban J connectivity index is 1.82. The van der Waals surface area contributed by atoms with Crippen molar-refractivity contribution in [2.24, 2.45) is 0 Å². The SMILES string of the molecule is CC(C)(C)OC(=O)N[C@H]1CCC[C@@H]1OCc1ccc(Br)cc1. The molecule has 0 saturated heterocycles. The van der Waals surface area contributed by atoms with Gasteiger partial charge in [-0.3, -0.25) is 0 Å². The van der Waals surface area contributed by atoms with Gasteiger partial charge in [-0.25, -0.2) is 4.79 Å². The maximum atomic E-state index is 11.9. The molecule has 1 aromatic rings. The molecule has 1 aliphatic carbocycles. The number of hydrogen-bond donors (Lipinski definition) is 1. The highest BCUT2D eigenvalue weighted by Gasteiger charge is 2.30. The van der Waals surface area contributed by atoms with Crippen molar-refractivity contribution in [1.29, 1.82) is 0 Å². The summed E-state index contributed by atoms with van der Waals surface area (Å²) >= 11 is 3.42. The average Bonchev–Trinajstić information content (AvgIpc) is 2.83. The Bertz CT molecular complexity index is 496. The Kier molecular flexibility index (Phi) is 5.87. The Morgan fingerprint density at radius 3 is 2.59 bits per heavy atom. The number of nitrogens with one attached hydrogen (secondary N) is 1. The molecule has 0 unspecified atom stereocenters. The minimum atomic E-state index is -0.476. The topological polar surface area (TPSA) is 47.6 Å². The summed E-state index contributed by atoms with van der Waals surface area (Å²) in [5.74, 6) is 0. The third-order valence-corrected chi connectivity index (χ3v) is 4.06. The monoisotopic (exact) mass is 369 g/mol. The second-order valence-electron chi connectivity index (χ2n) is 6.66. The van der Waals surface area contributed by atoms with Gasteiger partial charge in [0.15, 0.2) is 0 Å². The van der Waals surface area contributed by atoms with Crippen molar-refractivity contribution in [3.63, 3.8) is 0 Å². The number of carbonyl (C=O) groups is 1. The fraction of sp³-hybridized carbons (Fsp3) is 0.588. The first kappa shape index (κ1) is 17.3. The number of carbonyl (C=O) groups excluding carboxylic acids is 1. The van der Waals surface area contributed by atoms with Crippen LogP contribution in [0.2, 0.25) is 0 Å². The van der Waals surface area contributed by atoms with Crippen LogP contribution in [0.1, 0.15) is 45.6 Å². The van der Waals surface area contributed by atoms with E-state index in [1.165, 1.54) is 0 Å². The molecule has 0 bridgehead atoms. The smallest absolute Gasteiger partial charge is 0.407 e. The normalized spacial score (nSPS) is 21.6. The van der Waals surface area contributed by atoms with Crippen molar-refractivity contribution in [3.8, 4) is 0 Å². The highest BCUT2D eigenvalue weighted by atomic mass is 79.9. The van der Waals surface area contributed by atoms with Crippen molar-refractivity contribution in [2.75, 3.05) is 0 Å². The Morgan fingerprint density at radius 1 is 1.27 bits per heavy atom. The molecule has 0 aliphatic heterocycles. The summed E-state index contributed by atoms with van der Waals surface area (Å²) in [5.41, 5.74) is 0.655. The molecule has 1 amide bonds. The zero-order valence-electron chi connectivity index (χ0n) is 13.4. The lowest BCUT2D eigenvalue weighted by Crippen LogP contribution is -2.43. The van der Waals surface area contributed by atoms with Gasteiger partial charge in [0.2, 0.25) is 0 Å². The fourth-order valence-corrected chi connectivity index (χ4v) is 2.80. The van der Waals surface area contributed by atoms with Crippen LogP contribution in [0.3, 0.4) is 0 Å². The Morgan fingerprint density at radius 2 is 1.95 bits per heavy atom. The molecule has 0 heterocycles. The number of halogens is 1. The second kappa shape index (κ2) is 7.47. The van der Waals surface area contributed by atoms with Crippen LogP contribution in [-0.2, 0) is 16.1 Å². The second-order valence-corrected chi connectivity index (χ2v) is 7.58. The van der Waals surface area contributed by atoms with Gasteiger partial charge in [0.1, 0.15) is 5.60 Å². The standard InChI is InChI=1S/C17H24BrNO3/c1-17(2,3)22-16(20)19-14-5-4-6-15(14)21-11-12-7-9-13(18)10-8-12/h7-10,14-15H,4-6,11H2,1-3H3,(H,19,20)/t14-,15-/m0/s1. The number of alkyl carbamates (subject to hydrolysis) is 1. The average molecular weight is 370 g/mol. The van der Waals surface area contributed by atoms with Crippen molar-refractivity contribution in [2.45, 2.75) is 64.4 Å². The zero-order chi connectivity index (χ0) is 16.2. The molecule has 0 aromatic heterocycles. The van der Waals surface area contributed by atoms with E-state index < -0.39 is 5.60 Å². The van der Waals surface area contributed by atoms with E-state index in [1.807, 2.05) is 45.0 Å². The van der Waals surface area contributed by atoms with E-state index in [1.54, 1.807) is 0 Å². The molecular weight excluding hydrogens is 346 g/mol. The van der Waals surface area contributed by atoms with E-state index in [4.69, 9.17) is 9.47 Å². The summed E-state index contributed by atoms with van der Waals surface area (Å²) in [6, 6.07) is 8.11. The molecule has 1 aliphatic rings. The maximum Gasteiger partial charge on any atom is 0.407 e. The number of amides is 1. The van der Waals surface area contributed by atoms with Crippen LogP contribution in [-0.4, -0.2) is 23.8 Å². The first-order valence-corrected chi connectivity index (χ1v) is 8.48. The van der Waals surface area contributed by atoms with E-state index in [2.05, 4.69) is 21.2 Å². The molecular formula is C17H24BrNO3. The summed E-state index contributed by atoms with van der Waals surface area (Å²) in [6.45, 7) is 6.15. The molecule has 5 heteroatoms. The number of benzene rings is 1. The lowest BCUT2D eigenvalue weighted by atomic mass is 10.2. The lowest BCUT2D eigenvalue weighted by Gasteiger charge is -2.25. The Hall–Kier alpha value is -1.07. The summed E-state index contributed by atoms with van der Waals surface area (Å²) in [4.78, 5) is 11.9. The van der Waals surface area contributed by atoms with Crippen LogP contribution >= 0.6 is 15.9 Å². The van der Waals surface area contributed by atoms with E-state index in [0.29, 0.717) is 6.61 Å². The molecule has 2 atom stereocenters. The lowest BCUT2D eigenvalue weighted by molar-refractivity contribution is 0.0166. The van der Waals surface area contributed by atoms with Gasteiger partial charge in [-0.15, -0.1) is 0 Å². The summed E-state index contributed by atoms with van der Waals surface area (Å²) < 4.78 is 12.4. The minimum Gasteiger partial charge on any atom is -0.444 e. The molecule has 2 rings (SSSR count). The largest absolute Gasteiger partial charge is 0.444 e. The Labute approximate surface area is 140 Å². The molecule has 22 heavy (non-hydrogen) atoms. The van der Waals surface area contributed by atoms with Crippen molar-refractivity contribution < 1.29 is 14.3 Å². The molecule has 1 saturated carbocycles. The number of hydrogen-bond acceptors (Lipinski definition) is 3. The van der Waals surface area contributed by atoms with Gasteiger partial charge in [-0.1, -0.05) is 28.1 Å². The van der Waals surface area contributed by atoms with Crippen molar-refractivity contribution in [1.82, 2.24) is 5.32 Å². The number of rotatable bonds is 4. The van der Waals surface area contributed by atoms with Gasteiger partial charge in [0.05, 0.1) is 18.8 Å². The summed E-state index contributed by atoms with van der Waals surface area (Å²) in [6.07, 6.45) is 2.65. The third kappa shape index (κ3) is 5.61. The van der Waals surface area contributed by atoms with Crippen LogP contribution in [0.25, 0.3) is 0 Å². The van der Waals surface area contributed by atoms with Gasteiger partial charge in [-0.05, 0) is 57.7 Å². The van der Waals surface area contributed by atoms with E-state index in [9.17, 15) is 4.79 Å². The predicted octanol–water partition coefficient (Wildman–Crippen LogP) is 4.41. The van der Waals surface area contributed by atoms with E-state index in [-0.39, 0.29) is 18.2 Å². The molecule has 122 valence electrons. The molecule has 0 spiro atoms. The van der Waals surface area contributed by atoms with Crippen LogP contribution in [0, 0.1) is 0 Å². The van der Waals surface area contributed by atoms with Gasteiger partial charge in [-0.2, -0.15) is 0 Å². The van der Waals surface area contributed by atoms with E-state index in [0.717, 1.165) is 29.3 Å². The fourth-order valence-electron chi connectivity index (χ4n) is 2.53. The first-order chi connectivity index (χ1) is 10.3. The summed E-state index contributed by atoms with van der Waals surface area (Å²) in [5, 5.41) is 2.94. The first-order valence-electron chi connectivity index (χ1n) is 7.69. The number of ether oxygens (including phenoxy) is 2. The van der Waals surface area contributed by atoms with Crippen LogP contribution < -0.4 is 5.32 Å². The molecule has 4 nitrogen and oxygen atoms in total. The maximum absolute atomic E-state index is 11.9. The quantitative estimate of drug-likeness (QED) is 0.854. The minimum absolute atomic E-state index is 0.0327. The molecule has 1 aromatic carbocycles. The molecule has 0 radical (unpaired) electrons. The predicted molar refractivity (Wildman–Crippen MR) is 89.7 cm³/mol. The molecule has 1 N–H and O–H groups in total. The van der Waals surface area contributed by atoms with Gasteiger partial charge in [0, 0.05) is 4.47 Å². The van der Waals surface area contributed by atoms with Gasteiger partial charge in [0.25, 0.3) is 0 Å². The van der Waals surface area contributed by atoms with Gasteiger partial charge >= 0.3 is 6.09 Å². The van der Waals surface area contributed by atoms with Crippen molar-refractivity contribution in [3.05, 3.63) is 34.3 Å². The van der Waals surface area contributed by atoms with Crippen LogP contribution in [0.4, 0.5) is 4.79 Å². The molecule has 1 fully saturated rings. The summed E-state index contributed by atoms with van der Waals surface area (Å²) in [7, 11) is 0. The van der Waals surface area contributed by atoms with Crippen molar-refractivity contribution >= 4 is 22.0 Å². The highest BCUT2D eigenvalue weighted by Crippen LogP contribution is 2.24. The van der Waals surface area contributed by atoms with E-state index >= 15 is 0 Å². The van der Waals surface area contributed by atoms with Gasteiger partial charge < -0.3 is 14.8 Å². The zero-order valence-corrected chi connectivity index (χ0v) is 15.0.